The number of aryl methyl sites for hydroxylation is 1. The summed E-state index contributed by atoms with van der Waals surface area (Å²) in [5.74, 6) is 0.253. The van der Waals surface area contributed by atoms with Crippen molar-refractivity contribution >= 4 is 65.6 Å². The molecule has 294 valence electrons. The number of allylic oxidation sites excluding steroid dienone is 5. The minimum Gasteiger partial charge on any atom is -0.398 e. The second-order valence-corrected chi connectivity index (χ2v) is 18.6. The fourth-order valence-electron chi connectivity index (χ4n) is 13.2. The van der Waals surface area contributed by atoms with E-state index in [1.165, 1.54) is 154 Å². The quantitative estimate of drug-likeness (QED) is 0.137. The molecule has 15 rings (SSSR count). The summed E-state index contributed by atoms with van der Waals surface area (Å²) < 4.78 is 0. The fourth-order valence-corrected chi connectivity index (χ4v) is 13.2. The molecule has 1 heteroatoms. The summed E-state index contributed by atoms with van der Waals surface area (Å²) in [5.41, 5.74) is 32.3. The van der Waals surface area contributed by atoms with Gasteiger partial charge in [-0.2, -0.15) is 0 Å². The highest BCUT2D eigenvalue weighted by molar-refractivity contribution is 6.33. The number of nitrogens with two attached hydrogens (primary N) is 1. The van der Waals surface area contributed by atoms with Crippen molar-refractivity contribution in [2.75, 3.05) is 0 Å². The largest absolute Gasteiger partial charge is 0.398 e. The first-order valence-electron chi connectivity index (χ1n) is 22.8. The molecule has 1 atom stereocenters. The van der Waals surface area contributed by atoms with Crippen molar-refractivity contribution in [1.29, 1.82) is 0 Å². The fraction of sp³-hybridized carbons (Fsp3) is 0.0968. The van der Waals surface area contributed by atoms with Gasteiger partial charge in [0.2, 0.25) is 0 Å². The molecule has 10 aromatic rings. The Labute approximate surface area is 365 Å². The molecule has 10 aromatic carbocycles. The Morgan fingerprint density at radius 2 is 1.25 bits per heavy atom. The van der Waals surface area contributed by atoms with E-state index in [-0.39, 0.29) is 5.92 Å². The standard InChI is InChI=1S/C62H41N/c1-3-33-13-5-9-17-38(33)62(63)35-20-21-39-42-22-23-43-45-26-28-48-57-49(29-27-46(56(45)57)44-24-25-47(50(39)31-35)54(42)55(43)44)60-58-41-19-11-10-18-40(41)53-37-16-8-6-14-34(37)30-51(61(53)58)52(59(48)60)36-15-7-4-12-32(36)2/h3-8,10-16,18-27,29-31,48H,9,17,28,63H2,1-2H3/b33-3-,62-38-. The number of hydrogen-bond donors (Lipinski definition) is 1. The SMILES string of the molecule is C/C=C1/C=CCC/C1=C(/N)c1ccc2c(c1)-c1ccc3c4ccc5c6c4c(c4ccc-2c1c43)=CCC6c1c-5c2c3c(c4ccccc4cc3c1-c1ccccc1C)-c1ccccc1-2. The molecule has 1 nitrogen and oxygen atoms in total. The summed E-state index contributed by atoms with van der Waals surface area (Å²) >= 11 is 0. The van der Waals surface area contributed by atoms with Gasteiger partial charge in [-0.3, -0.25) is 0 Å². The molecule has 2 N–H and O–H groups in total. The van der Waals surface area contributed by atoms with E-state index in [1.807, 2.05) is 0 Å². The van der Waals surface area contributed by atoms with Crippen LogP contribution >= 0.6 is 0 Å². The van der Waals surface area contributed by atoms with E-state index in [0.29, 0.717) is 0 Å². The third kappa shape index (κ3) is 4.10. The van der Waals surface area contributed by atoms with Crippen molar-refractivity contribution in [3.05, 3.63) is 190 Å². The van der Waals surface area contributed by atoms with Crippen LogP contribution in [0.15, 0.2) is 163 Å². The molecule has 5 aliphatic rings. The van der Waals surface area contributed by atoms with Gasteiger partial charge in [0.25, 0.3) is 0 Å². The zero-order valence-electron chi connectivity index (χ0n) is 35.3. The van der Waals surface area contributed by atoms with Crippen LogP contribution in [-0.4, -0.2) is 0 Å². The third-order valence-corrected chi connectivity index (χ3v) is 15.8. The highest BCUT2D eigenvalue weighted by Gasteiger charge is 2.41. The molecule has 1 unspecified atom stereocenters. The smallest absolute Gasteiger partial charge is 0.0426 e. The lowest BCUT2D eigenvalue weighted by molar-refractivity contribution is 0.883. The Kier molecular flexibility index (Phi) is 6.45. The first-order valence-corrected chi connectivity index (χ1v) is 22.8. The zero-order valence-corrected chi connectivity index (χ0v) is 35.3. The van der Waals surface area contributed by atoms with Crippen molar-refractivity contribution in [3.63, 3.8) is 0 Å². The Morgan fingerprint density at radius 1 is 0.540 bits per heavy atom. The summed E-state index contributed by atoms with van der Waals surface area (Å²) in [7, 11) is 0. The molecular weight excluding hydrogens is 759 g/mol. The van der Waals surface area contributed by atoms with Crippen LogP contribution in [0, 0.1) is 6.92 Å². The Bertz CT molecular complexity index is 4020. The van der Waals surface area contributed by atoms with Crippen molar-refractivity contribution in [2.45, 2.75) is 39.0 Å². The predicted octanol–water partition coefficient (Wildman–Crippen LogP) is 15.7. The van der Waals surface area contributed by atoms with Gasteiger partial charge in [0.1, 0.15) is 0 Å². The molecule has 0 aromatic heterocycles. The molecular formula is C62H41N. The molecule has 5 aliphatic carbocycles. The molecule has 0 aliphatic heterocycles. The maximum Gasteiger partial charge on any atom is 0.0426 e. The number of rotatable bonds is 2. The third-order valence-electron chi connectivity index (χ3n) is 15.8. The van der Waals surface area contributed by atoms with E-state index < -0.39 is 0 Å². The summed E-state index contributed by atoms with van der Waals surface area (Å²) in [6.07, 6.45) is 12.3. The molecule has 0 bridgehead atoms. The van der Waals surface area contributed by atoms with Gasteiger partial charge in [-0.1, -0.05) is 146 Å². The predicted molar refractivity (Wildman–Crippen MR) is 268 cm³/mol. The van der Waals surface area contributed by atoms with Crippen molar-refractivity contribution in [1.82, 2.24) is 0 Å². The Balaban J connectivity index is 1.02. The van der Waals surface area contributed by atoms with Crippen molar-refractivity contribution in [3.8, 4) is 66.8 Å². The molecule has 0 radical (unpaired) electrons. The zero-order chi connectivity index (χ0) is 41.4. The topological polar surface area (TPSA) is 26.0 Å². The van der Waals surface area contributed by atoms with Crippen LogP contribution < -0.4 is 11.0 Å². The lowest BCUT2D eigenvalue weighted by atomic mass is 9.78. The van der Waals surface area contributed by atoms with Gasteiger partial charge in [-0.05, 0) is 204 Å². The van der Waals surface area contributed by atoms with E-state index in [0.717, 1.165) is 30.5 Å². The van der Waals surface area contributed by atoms with Crippen LogP contribution in [0.1, 0.15) is 54.4 Å². The second kappa shape index (κ2) is 11.9. The molecule has 0 fully saturated rings. The van der Waals surface area contributed by atoms with Crippen molar-refractivity contribution < 1.29 is 0 Å². The van der Waals surface area contributed by atoms with Crippen LogP contribution in [0.5, 0.6) is 0 Å². The average molecular weight is 800 g/mol. The maximum absolute atomic E-state index is 7.02. The Hall–Kier alpha value is -7.48. The van der Waals surface area contributed by atoms with Gasteiger partial charge < -0.3 is 5.73 Å². The van der Waals surface area contributed by atoms with Gasteiger partial charge in [-0.25, -0.2) is 0 Å². The van der Waals surface area contributed by atoms with E-state index in [4.69, 9.17) is 5.73 Å². The summed E-state index contributed by atoms with van der Waals surface area (Å²) in [5, 5.41) is 15.2. The van der Waals surface area contributed by atoms with E-state index in [1.54, 1.807) is 0 Å². The average Bonchev–Trinajstić information content (AvgIpc) is 3.97. The number of benzene rings is 10. The lowest BCUT2D eigenvalue weighted by Crippen LogP contribution is -2.15. The minimum absolute atomic E-state index is 0.253. The molecule has 63 heavy (non-hydrogen) atoms. The summed E-state index contributed by atoms with van der Waals surface area (Å²) in [6, 6.07) is 51.5. The van der Waals surface area contributed by atoms with Crippen LogP contribution in [0.3, 0.4) is 0 Å². The number of fused-ring (bicyclic) bond motifs is 14. The molecule has 0 amide bonds. The van der Waals surface area contributed by atoms with Gasteiger partial charge in [0.05, 0.1) is 0 Å². The van der Waals surface area contributed by atoms with Crippen LogP contribution in [-0.2, 0) is 0 Å². The Morgan fingerprint density at radius 3 is 2.10 bits per heavy atom. The van der Waals surface area contributed by atoms with Gasteiger partial charge in [0, 0.05) is 11.6 Å². The van der Waals surface area contributed by atoms with E-state index >= 15 is 0 Å². The summed E-state index contributed by atoms with van der Waals surface area (Å²) in [4.78, 5) is 0. The molecule has 0 spiro atoms. The molecule has 0 heterocycles. The van der Waals surface area contributed by atoms with Gasteiger partial charge in [0.15, 0.2) is 0 Å². The van der Waals surface area contributed by atoms with Crippen LogP contribution in [0.2, 0.25) is 0 Å². The highest BCUT2D eigenvalue weighted by atomic mass is 14.6. The van der Waals surface area contributed by atoms with Gasteiger partial charge >= 0.3 is 0 Å². The van der Waals surface area contributed by atoms with E-state index in [2.05, 4.69) is 172 Å². The highest BCUT2D eigenvalue weighted by Crippen LogP contribution is 2.64. The van der Waals surface area contributed by atoms with Crippen LogP contribution in [0.4, 0.5) is 0 Å². The minimum atomic E-state index is 0.253. The summed E-state index contributed by atoms with van der Waals surface area (Å²) in [6.45, 7) is 4.41. The lowest BCUT2D eigenvalue weighted by Gasteiger charge is -2.25. The maximum atomic E-state index is 7.02. The van der Waals surface area contributed by atoms with Crippen LogP contribution in [0.25, 0.3) is 132 Å². The first kappa shape index (κ1) is 34.1. The van der Waals surface area contributed by atoms with Crippen molar-refractivity contribution in [2.24, 2.45) is 5.73 Å². The number of hydrogen-bond acceptors (Lipinski definition) is 1. The monoisotopic (exact) mass is 799 g/mol. The second-order valence-electron chi connectivity index (χ2n) is 18.6. The first-order chi connectivity index (χ1) is 31.1. The normalized spacial score (nSPS) is 17.4. The molecule has 0 saturated carbocycles. The van der Waals surface area contributed by atoms with E-state index in [9.17, 15) is 0 Å². The molecule has 0 saturated heterocycles. The van der Waals surface area contributed by atoms with Gasteiger partial charge in [-0.15, -0.1) is 0 Å².